The maximum atomic E-state index is 12.6. The molecule has 2 aliphatic rings. The summed E-state index contributed by atoms with van der Waals surface area (Å²) in [4.78, 5) is 42.6. The molecule has 0 bridgehead atoms. The van der Waals surface area contributed by atoms with Crippen LogP contribution in [0.25, 0.3) is 0 Å². The number of carboxylic acid groups (broad SMARTS) is 1. The number of aliphatic hydroxyl groups is 1. The van der Waals surface area contributed by atoms with Gasteiger partial charge in [-0.2, -0.15) is 0 Å². The highest BCUT2D eigenvalue weighted by Gasteiger charge is 2.57. The number of amides is 2. The molecule has 3 rings (SSSR count). The average Bonchev–Trinajstić information content (AvgIpc) is 2.69. The lowest BCUT2D eigenvalue weighted by Crippen LogP contribution is -2.74. The normalized spacial score (nSPS) is 26.9. The molecule has 28 heavy (non-hydrogen) atoms. The zero-order chi connectivity index (χ0) is 20.5. The van der Waals surface area contributed by atoms with E-state index in [2.05, 4.69) is 10.5 Å². The number of thioether (sulfide) groups is 1. The van der Waals surface area contributed by atoms with E-state index < -0.39 is 41.2 Å². The second-order valence-corrected chi connectivity index (χ2v) is 7.64. The lowest BCUT2D eigenvalue weighted by molar-refractivity contribution is -0.160. The van der Waals surface area contributed by atoms with Gasteiger partial charge in [0.25, 0.3) is 5.91 Å². The molecule has 0 saturated carbocycles. The molecule has 3 atom stereocenters. The Morgan fingerprint density at radius 3 is 2.82 bits per heavy atom. The predicted molar refractivity (Wildman–Crippen MR) is 98.7 cm³/mol. The molecule has 0 radical (unpaired) electrons. The van der Waals surface area contributed by atoms with Crippen molar-refractivity contribution >= 4 is 35.3 Å². The van der Waals surface area contributed by atoms with Crippen LogP contribution in [0, 0.1) is 5.41 Å². The Morgan fingerprint density at radius 1 is 1.46 bits per heavy atom. The molecule has 2 unspecified atom stereocenters. The summed E-state index contributed by atoms with van der Waals surface area (Å²) in [5.41, 5.74) is -1.21. The molecule has 10 nitrogen and oxygen atoms in total. The van der Waals surface area contributed by atoms with Gasteiger partial charge in [0.2, 0.25) is 5.91 Å². The number of hydrogen-bond acceptors (Lipinski definition) is 8. The highest BCUT2D eigenvalue weighted by molar-refractivity contribution is 8.00. The van der Waals surface area contributed by atoms with Gasteiger partial charge in [0.1, 0.15) is 29.7 Å². The van der Waals surface area contributed by atoms with Crippen molar-refractivity contribution in [2.75, 3.05) is 26.0 Å². The van der Waals surface area contributed by atoms with E-state index in [9.17, 15) is 29.7 Å². The lowest BCUT2D eigenvalue weighted by atomic mass is 9.88. The maximum Gasteiger partial charge on any atom is 0.314 e. The molecule has 1 aromatic rings. The van der Waals surface area contributed by atoms with Crippen LogP contribution in [0.5, 0.6) is 5.75 Å². The molecule has 0 spiro atoms. The number of fused-ring (bicyclic) bond motifs is 1. The monoisotopic (exact) mass is 409 g/mol. The van der Waals surface area contributed by atoms with Crippen molar-refractivity contribution in [3.05, 3.63) is 29.8 Å². The van der Waals surface area contributed by atoms with Gasteiger partial charge in [0.05, 0.1) is 6.61 Å². The standard InChI is InChI=1S/C17H19N3O7S/c1-27-19-11(9-3-2-4-10(22)5-9)13(23)18-12-14(24)20-6-17(7-21,16(25)26)8-28-15(12)20/h2-5,12,15,21-22H,6-8H2,1H3,(H,18,23)(H,25,26)/t12?,15-,17?/m1/s1. The molecule has 1 aromatic carbocycles. The van der Waals surface area contributed by atoms with E-state index in [-0.39, 0.29) is 23.8 Å². The third-order valence-corrected chi connectivity index (χ3v) is 6.29. The molecule has 2 fully saturated rings. The number of nitrogens with one attached hydrogen (secondary N) is 1. The summed E-state index contributed by atoms with van der Waals surface area (Å²) >= 11 is 1.19. The van der Waals surface area contributed by atoms with Crippen LogP contribution >= 0.6 is 11.8 Å². The maximum absolute atomic E-state index is 12.6. The smallest absolute Gasteiger partial charge is 0.314 e. The largest absolute Gasteiger partial charge is 0.508 e. The van der Waals surface area contributed by atoms with E-state index in [1.54, 1.807) is 6.07 Å². The molecule has 2 heterocycles. The number of aliphatic carboxylic acids is 1. The second-order valence-electron chi connectivity index (χ2n) is 6.54. The molecular formula is C17H19N3O7S. The number of hydrogen-bond donors (Lipinski definition) is 4. The second kappa shape index (κ2) is 7.68. The number of rotatable bonds is 6. The van der Waals surface area contributed by atoms with Gasteiger partial charge < -0.3 is 30.4 Å². The summed E-state index contributed by atoms with van der Waals surface area (Å²) in [6, 6.07) is 5.03. The first-order valence-corrected chi connectivity index (χ1v) is 9.35. The van der Waals surface area contributed by atoms with Crippen molar-refractivity contribution in [2.45, 2.75) is 11.4 Å². The number of carboxylic acids is 1. The van der Waals surface area contributed by atoms with Gasteiger partial charge in [0.15, 0.2) is 5.71 Å². The Kier molecular flexibility index (Phi) is 5.47. The summed E-state index contributed by atoms with van der Waals surface area (Å²) < 4.78 is 0. The first kappa shape index (κ1) is 20.0. The highest BCUT2D eigenvalue weighted by atomic mass is 32.2. The minimum atomic E-state index is -1.41. The van der Waals surface area contributed by atoms with Gasteiger partial charge in [-0.25, -0.2) is 0 Å². The Morgan fingerprint density at radius 2 is 2.21 bits per heavy atom. The van der Waals surface area contributed by atoms with E-state index in [0.717, 1.165) is 0 Å². The molecule has 0 aromatic heterocycles. The molecule has 11 heteroatoms. The number of carbonyl (C=O) groups is 3. The van der Waals surface area contributed by atoms with Crippen molar-refractivity contribution in [3.8, 4) is 5.75 Å². The zero-order valence-electron chi connectivity index (χ0n) is 14.9. The quantitative estimate of drug-likeness (QED) is 0.271. The van der Waals surface area contributed by atoms with Gasteiger partial charge in [-0.3, -0.25) is 14.4 Å². The van der Waals surface area contributed by atoms with Crippen LogP contribution in [-0.2, 0) is 19.2 Å². The first-order valence-electron chi connectivity index (χ1n) is 8.31. The molecule has 2 aliphatic heterocycles. The number of carbonyl (C=O) groups excluding carboxylic acids is 2. The third-order valence-electron chi connectivity index (χ3n) is 4.71. The van der Waals surface area contributed by atoms with Crippen molar-refractivity contribution < 1.29 is 34.5 Å². The number of nitrogens with zero attached hydrogens (tertiary/aromatic N) is 2. The Labute approximate surface area is 164 Å². The zero-order valence-corrected chi connectivity index (χ0v) is 15.7. The predicted octanol–water partition coefficient (Wildman–Crippen LogP) is -0.794. The average molecular weight is 409 g/mol. The first-order chi connectivity index (χ1) is 13.3. The summed E-state index contributed by atoms with van der Waals surface area (Å²) in [6.45, 7) is -0.696. The number of aliphatic hydroxyl groups excluding tert-OH is 1. The van der Waals surface area contributed by atoms with Crippen molar-refractivity contribution in [3.63, 3.8) is 0 Å². The molecule has 4 N–H and O–H groups in total. The number of phenolic OH excluding ortho intramolecular Hbond substituents is 1. The van der Waals surface area contributed by atoms with Crippen LogP contribution < -0.4 is 5.32 Å². The number of oxime groups is 1. The third kappa shape index (κ3) is 3.38. The topological polar surface area (TPSA) is 149 Å². The van der Waals surface area contributed by atoms with Crippen LogP contribution in [0.2, 0.25) is 0 Å². The Balaban J connectivity index is 1.73. The minimum absolute atomic E-state index is 0.0585. The fourth-order valence-corrected chi connectivity index (χ4v) is 4.63. The minimum Gasteiger partial charge on any atom is -0.508 e. The van der Waals surface area contributed by atoms with Gasteiger partial charge in [0, 0.05) is 17.9 Å². The van der Waals surface area contributed by atoms with E-state index >= 15 is 0 Å². The summed E-state index contributed by atoms with van der Waals surface area (Å²) in [7, 11) is 1.27. The molecule has 2 amide bonds. The van der Waals surface area contributed by atoms with E-state index in [1.165, 1.54) is 42.0 Å². The van der Waals surface area contributed by atoms with E-state index in [1.807, 2.05) is 0 Å². The van der Waals surface area contributed by atoms with Crippen LogP contribution in [0.1, 0.15) is 5.56 Å². The number of aromatic hydroxyl groups is 1. The van der Waals surface area contributed by atoms with E-state index in [0.29, 0.717) is 5.56 Å². The van der Waals surface area contributed by atoms with Crippen LogP contribution in [0.4, 0.5) is 0 Å². The number of benzene rings is 1. The van der Waals surface area contributed by atoms with Gasteiger partial charge in [-0.1, -0.05) is 17.3 Å². The highest BCUT2D eigenvalue weighted by Crippen LogP contribution is 2.42. The molecule has 150 valence electrons. The van der Waals surface area contributed by atoms with Crippen molar-refractivity contribution in [1.29, 1.82) is 0 Å². The SMILES string of the molecule is CON=C(C(=O)NC1C(=O)N2CC(CO)(C(=O)O)CS[C@H]12)c1cccc(O)c1. The van der Waals surface area contributed by atoms with E-state index in [4.69, 9.17) is 4.84 Å². The van der Waals surface area contributed by atoms with Gasteiger partial charge >= 0.3 is 5.97 Å². The van der Waals surface area contributed by atoms with Crippen molar-refractivity contribution in [2.24, 2.45) is 10.6 Å². The van der Waals surface area contributed by atoms with Crippen molar-refractivity contribution in [1.82, 2.24) is 10.2 Å². The molecule has 0 aliphatic carbocycles. The summed E-state index contributed by atoms with van der Waals surface area (Å²) in [5.74, 6) is -2.21. The van der Waals surface area contributed by atoms with Gasteiger partial charge in [-0.05, 0) is 12.1 Å². The molecule has 2 saturated heterocycles. The Hall–Kier alpha value is -2.79. The van der Waals surface area contributed by atoms with Gasteiger partial charge in [-0.15, -0.1) is 11.8 Å². The fraction of sp³-hybridized carbons (Fsp3) is 0.412. The summed E-state index contributed by atoms with van der Waals surface area (Å²) in [5, 5.41) is 34.3. The number of phenols is 1. The lowest BCUT2D eigenvalue weighted by Gasteiger charge is -2.53. The Bertz CT molecular complexity index is 846. The summed E-state index contributed by atoms with van der Waals surface area (Å²) in [6.07, 6.45) is 0. The van der Waals surface area contributed by atoms with Crippen LogP contribution in [0.3, 0.4) is 0 Å². The van der Waals surface area contributed by atoms with Crippen LogP contribution in [-0.4, -0.2) is 81.1 Å². The molecular weight excluding hydrogens is 390 g/mol. The fourth-order valence-electron chi connectivity index (χ4n) is 3.10. The number of β-lactam (4-membered cyclic amide) rings is 1. The van der Waals surface area contributed by atoms with Crippen LogP contribution in [0.15, 0.2) is 29.4 Å².